The summed E-state index contributed by atoms with van der Waals surface area (Å²) in [5.74, 6) is -0.437. The molecule has 0 radical (unpaired) electrons. The number of carbonyl (C=O) groups excluding carboxylic acids is 2. The molecule has 158 valence electrons. The van der Waals surface area contributed by atoms with Gasteiger partial charge in [0, 0.05) is 28.2 Å². The van der Waals surface area contributed by atoms with Crippen molar-refractivity contribution in [3.63, 3.8) is 0 Å². The van der Waals surface area contributed by atoms with Gasteiger partial charge < -0.3 is 10.6 Å². The number of benzene rings is 3. The van der Waals surface area contributed by atoms with Crippen LogP contribution in [0.2, 0.25) is 0 Å². The Balaban J connectivity index is 1.41. The van der Waals surface area contributed by atoms with Crippen LogP contribution >= 0.6 is 11.8 Å². The van der Waals surface area contributed by atoms with Crippen LogP contribution in [0.1, 0.15) is 26.3 Å². The Bertz CT molecular complexity index is 1270. The van der Waals surface area contributed by atoms with Gasteiger partial charge in [-0.05, 0) is 54.4 Å². The van der Waals surface area contributed by atoms with Crippen LogP contribution in [0.15, 0.2) is 81.4 Å². The maximum absolute atomic E-state index is 12.6. The third-order valence-corrected chi connectivity index (χ3v) is 7.17. The molecule has 1 aliphatic rings. The molecule has 0 aliphatic carbocycles. The second-order valence-corrected chi connectivity index (χ2v) is 10.3. The van der Waals surface area contributed by atoms with Gasteiger partial charge in [0.05, 0.1) is 16.1 Å². The molecule has 0 aromatic heterocycles. The van der Waals surface area contributed by atoms with E-state index in [2.05, 4.69) is 10.6 Å². The van der Waals surface area contributed by atoms with Gasteiger partial charge in [-0.15, -0.1) is 0 Å². The Hall–Kier alpha value is -3.10. The topological polar surface area (TPSA) is 92.3 Å². The summed E-state index contributed by atoms with van der Waals surface area (Å²) in [6.45, 7) is 0.403. The lowest BCUT2D eigenvalue weighted by Gasteiger charge is -2.10. The van der Waals surface area contributed by atoms with E-state index in [0.29, 0.717) is 29.8 Å². The van der Waals surface area contributed by atoms with E-state index in [4.69, 9.17) is 0 Å². The third-order valence-electron chi connectivity index (χ3n) is 4.89. The van der Waals surface area contributed by atoms with Crippen molar-refractivity contribution in [1.29, 1.82) is 0 Å². The molecule has 0 atom stereocenters. The van der Waals surface area contributed by atoms with E-state index < -0.39 is 9.84 Å². The van der Waals surface area contributed by atoms with Crippen LogP contribution in [0.25, 0.3) is 0 Å². The highest BCUT2D eigenvalue weighted by molar-refractivity contribution is 7.99. The number of amides is 2. The molecule has 3 aromatic carbocycles. The van der Waals surface area contributed by atoms with Crippen molar-refractivity contribution >= 4 is 39.1 Å². The lowest BCUT2D eigenvalue weighted by Crippen LogP contribution is -2.25. The maximum atomic E-state index is 12.6. The molecule has 4 rings (SSSR count). The standard InChI is InChI=1S/C23H20N2O4S2/c1-31(28,29)17-9-6-15(7-10-17)12-13-24-22(26)16-8-11-21-19(14-16)25-23(27)18-4-2-3-5-20(18)30-21/h2-11,14H,12-13H2,1H3,(H,24,26)(H,25,27). The Labute approximate surface area is 185 Å². The molecule has 6 nitrogen and oxygen atoms in total. The Kier molecular flexibility index (Phi) is 5.84. The average molecular weight is 453 g/mol. The molecule has 0 spiro atoms. The summed E-state index contributed by atoms with van der Waals surface area (Å²) in [6.07, 6.45) is 1.74. The Morgan fingerprint density at radius 1 is 1.00 bits per heavy atom. The zero-order valence-corrected chi connectivity index (χ0v) is 18.3. The first kappa shape index (κ1) is 21.1. The van der Waals surface area contributed by atoms with E-state index in [1.54, 1.807) is 42.5 Å². The molecular weight excluding hydrogens is 432 g/mol. The number of sulfone groups is 1. The fourth-order valence-corrected chi connectivity index (χ4v) is 4.88. The Morgan fingerprint density at radius 3 is 2.48 bits per heavy atom. The highest BCUT2D eigenvalue weighted by Gasteiger charge is 2.20. The molecule has 8 heteroatoms. The molecule has 0 bridgehead atoms. The summed E-state index contributed by atoms with van der Waals surface area (Å²) in [5.41, 5.74) is 2.60. The van der Waals surface area contributed by atoms with Crippen LogP contribution in [0.4, 0.5) is 5.69 Å². The number of fused-ring (bicyclic) bond motifs is 2. The minimum Gasteiger partial charge on any atom is -0.352 e. The number of nitrogens with one attached hydrogen (secondary N) is 2. The number of hydrogen-bond acceptors (Lipinski definition) is 5. The zero-order chi connectivity index (χ0) is 22.0. The van der Waals surface area contributed by atoms with Crippen molar-refractivity contribution in [3.8, 4) is 0 Å². The van der Waals surface area contributed by atoms with Gasteiger partial charge in [-0.3, -0.25) is 9.59 Å². The molecule has 0 fully saturated rings. The van der Waals surface area contributed by atoms with E-state index in [1.165, 1.54) is 18.0 Å². The molecular formula is C23H20N2O4S2. The number of anilines is 1. The maximum Gasteiger partial charge on any atom is 0.256 e. The molecule has 0 saturated carbocycles. The van der Waals surface area contributed by atoms with Gasteiger partial charge in [0.25, 0.3) is 11.8 Å². The SMILES string of the molecule is CS(=O)(=O)c1ccc(CCNC(=O)c2ccc3c(c2)NC(=O)c2ccccc2S3)cc1. The van der Waals surface area contributed by atoms with E-state index in [9.17, 15) is 18.0 Å². The highest BCUT2D eigenvalue weighted by atomic mass is 32.2. The van der Waals surface area contributed by atoms with E-state index in [0.717, 1.165) is 15.4 Å². The fraction of sp³-hybridized carbons (Fsp3) is 0.130. The highest BCUT2D eigenvalue weighted by Crippen LogP contribution is 2.38. The number of rotatable bonds is 5. The van der Waals surface area contributed by atoms with Crippen LogP contribution < -0.4 is 10.6 Å². The van der Waals surface area contributed by atoms with Gasteiger partial charge >= 0.3 is 0 Å². The predicted octanol–water partition coefficient (Wildman–Crippen LogP) is 3.78. The smallest absolute Gasteiger partial charge is 0.256 e. The number of carbonyl (C=O) groups is 2. The van der Waals surface area contributed by atoms with E-state index in [-0.39, 0.29) is 16.7 Å². The quantitative estimate of drug-likeness (QED) is 0.615. The van der Waals surface area contributed by atoms with Gasteiger partial charge in [-0.1, -0.05) is 36.0 Å². The van der Waals surface area contributed by atoms with Crippen molar-refractivity contribution in [2.24, 2.45) is 0 Å². The van der Waals surface area contributed by atoms with Crippen LogP contribution in [-0.2, 0) is 16.3 Å². The van der Waals surface area contributed by atoms with E-state index >= 15 is 0 Å². The van der Waals surface area contributed by atoms with Crippen molar-refractivity contribution < 1.29 is 18.0 Å². The molecule has 2 amide bonds. The first-order valence-corrected chi connectivity index (χ1v) is 12.3. The van der Waals surface area contributed by atoms with Crippen LogP contribution in [-0.4, -0.2) is 33.0 Å². The van der Waals surface area contributed by atoms with Crippen LogP contribution in [0.5, 0.6) is 0 Å². The molecule has 3 aromatic rings. The Morgan fingerprint density at radius 2 is 1.74 bits per heavy atom. The summed E-state index contributed by atoms with van der Waals surface area (Å²) >= 11 is 1.49. The minimum atomic E-state index is -3.22. The van der Waals surface area contributed by atoms with E-state index in [1.807, 2.05) is 24.3 Å². The summed E-state index contributed by atoms with van der Waals surface area (Å²) in [6, 6.07) is 19.3. The monoisotopic (exact) mass is 452 g/mol. The van der Waals surface area contributed by atoms with Gasteiger partial charge in [0.15, 0.2) is 9.84 Å². The van der Waals surface area contributed by atoms with Crippen molar-refractivity contribution in [1.82, 2.24) is 5.32 Å². The molecule has 1 heterocycles. The molecule has 1 aliphatic heterocycles. The van der Waals surface area contributed by atoms with Crippen molar-refractivity contribution in [2.45, 2.75) is 21.1 Å². The second-order valence-electron chi connectivity index (χ2n) is 7.19. The zero-order valence-electron chi connectivity index (χ0n) is 16.7. The average Bonchev–Trinajstić information content (AvgIpc) is 2.88. The molecule has 0 saturated heterocycles. The summed E-state index contributed by atoms with van der Waals surface area (Å²) in [5, 5.41) is 5.75. The predicted molar refractivity (Wildman–Crippen MR) is 121 cm³/mol. The summed E-state index contributed by atoms with van der Waals surface area (Å²) in [7, 11) is -3.22. The van der Waals surface area contributed by atoms with Crippen LogP contribution in [0.3, 0.4) is 0 Å². The third kappa shape index (κ3) is 4.81. The summed E-state index contributed by atoms with van der Waals surface area (Å²) < 4.78 is 23.1. The molecule has 0 unspecified atom stereocenters. The fourth-order valence-electron chi connectivity index (χ4n) is 3.23. The largest absolute Gasteiger partial charge is 0.352 e. The van der Waals surface area contributed by atoms with Gasteiger partial charge in [-0.2, -0.15) is 0 Å². The van der Waals surface area contributed by atoms with Gasteiger partial charge in [-0.25, -0.2) is 8.42 Å². The van der Waals surface area contributed by atoms with Crippen molar-refractivity contribution in [3.05, 3.63) is 83.4 Å². The normalized spacial score (nSPS) is 12.9. The first-order valence-electron chi connectivity index (χ1n) is 9.61. The van der Waals surface area contributed by atoms with Crippen molar-refractivity contribution in [2.75, 3.05) is 18.1 Å². The molecule has 31 heavy (non-hydrogen) atoms. The molecule has 2 N–H and O–H groups in total. The lowest BCUT2D eigenvalue weighted by molar-refractivity contribution is 0.0952. The first-order chi connectivity index (χ1) is 14.8. The lowest BCUT2D eigenvalue weighted by atomic mass is 10.1. The summed E-state index contributed by atoms with van der Waals surface area (Å²) in [4.78, 5) is 27.1. The second kappa shape index (κ2) is 8.56. The van der Waals surface area contributed by atoms with Gasteiger partial charge in [0.1, 0.15) is 0 Å². The minimum absolute atomic E-state index is 0.197. The van der Waals surface area contributed by atoms with Crippen LogP contribution in [0, 0.1) is 0 Å². The number of hydrogen-bond donors (Lipinski definition) is 2. The van der Waals surface area contributed by atoms with Gasteiger partial charge in [0.2, 0.25) is 0 Å².